The van der Waals surface area contributed by atoms with Crippen molar-refractivity contribution in [3.8, 4) is 11.8 Å². The zero-order chi connectivity index (χ0) is 11.3. The summed E-state index contributed by atoms with van der Waals surface area (Å²) in [5.41, 5.74) is 5.90. The molecule has 0 aliphatic heterocycles. The van der Waals surface area contributed by atoms with Crippen LogP contribution < -0.4 is 5.73 Å². The van der Waals surface area contributed by atoms with Gasteiger partial charge in [-0.05, 0) is 30.2 Å². The van der Waals surface area contributed by atoms with E-state index in [1.165, 1.54) is 7.11 Å². The van der Waals surface area contributed by atoms with Crippen molar-refractivity contribution < 1.29 is 14.3 Å². The van der Waals surface area contributed by atoms with Crippen LogP contribution in [0.4, 0.5) is 0 Å². The van der Waals surface area contributed by atoms with Crippen molar-refractivity contribution in [3.63, 3.8) is 0 Å². The van der Waals surface area contributed by atoms with Crippen molar-refractivity contribution in [2.24, 2.45) is 5.73 Å². The molecule has 1 aromatic carbocycles. The molecular formula is C11H9NO3. The molecule has 0 aliphatic carbocycles. The normalized spacial score (nSPS) is 8.60. The molecule has 0 fully saturated rings. The van der Waals surface area contributed by atoms with Crippen molar-refractivity contribution in [3.05, 3.63) is 35.4 Å². The van der Waals surface area contributed by atoms with Crippen LogP contribution >= 0.6 is 0 Å². The highest BCUT2D eigenvalue weighted by molar-refractivity contribution is 5.92. The SMILES string of the molecule is COC(=O)c1ccc(C#CC(N)=O)cc1. The Morgan fingerprint density at radius 1 is 1.27 bits per heavy atom. The lowest BCUT2D eigenvalue weighted by Gasteiger charge is -1.97. The Morgan fingerprint density at radius 2 is 1.87 bits per heavy atom. The summed E-state index contributed by atoms with van der Waals surface area (Å²) in [6.07, 6.45) is 0. The molecule has 1 rings (SSSR count). The second kappa shape index (κ2) is 4.82. The Bertz CT molecular complexity index is 437. The van der Waals surface area contributed by atoms with E-state index in [2.05, 4.69) is 16.6 Å². The topological polar surface area (TPSA) is 69.4 Å². The highest BCUT2D eigenvalue weighted by atomic mass is 16.5. The molecule has 0 atom stereocenters. The average molecular weight is 203 g/mol. The lowest BCUT2D eigenvalue weighted by atomic mass is 10.1. The lowest BCUT2D eigenvalue weighted by molar-refractivity contribution is -0.112. The highest BCUT2D eigenvalue weighted by Crippen LogP contribution is 2.04. The van der Waals surface area contributed by atoms with Crippen LogP contribution in [0.25, 0.3) is 0 Å². The zero-order valence-corrected chi connectivity index (χ0v) is 8.11. The van der Waals surface area contributed by atoms with Crippen molar-refractivity contribution >= 4 is 11.9 Å². The number of benzene rings is 1. The predicted octanol–water partition coefficient (Wildman–Crippen LogP) is 0.310. The van der Waals surface area contributed by atoms with E-state index in [9.17, 15) is 9.59 Å². The Hall–Kier alpha value is -2.28. The minimum Gasteiger partial charge on any atom is -0.465 e. The molecule has 0 saturated heterocycles. The fourth-order valence-corrected chi connectivity index (χ4v) is 0.941. The van der Waals surface area contributed by atoms with Crippen LogP contribution in [0.5, 0.6) is 0 Å². The summed E-state index contributed by atoms with van der Waals surface area (Å²) in [6.45, 7) is 0. The molecule has 15 heavy (non-hydrogen) atoms. The number of primary amides is 1. The molecule has 0 spiro atoms. The molecule has 0 radical (unpaired) electrons. The van der Waals surface area contributed by atoms with Gasteiger partial charge in [-0.15, -0.1) is 0 Å². The van der Waals surface area contributed by atoms with Crippen LogP contribution in [-0.4, -0.2) is 19.0 Å². The minimum absolute atomic E-state index is 0.413. The molecule has 0 heterocycles. The number of carbonyl (C=O) groups excluding carboxylic acids is 2. The molecule has 4 heteroatoms. The van der Waals surface area contributed by atoms with Crippen molar-refractivity contribution in [2.45, 2.75) is 0 Å². The molecule has 76 valence electrons. The first-order chi connectivity index (χ1) is 7.13. The van der Waals surface area contributed by atoms with Crippen molar-refractivity contribution in [2.75, 3.05) is 7.11 Å². The Balaban J connectivity index is 2.87. The third kappa shape index (κ3) is 3.16. The van der Waals surface area contributed by atoms with E-state index in [0.29, 0.717) is 11.1 Å². The number of rotatable bonds is 1. The number of nitrogens with two attached hydrogens (primary N) is 1. The van der Waals surface area contributed by atoms with E-state index in [1.807, 2.05) is 0 Å². The van der Waals surface area contributed by atoms with Gasteiger partial charge in [-0.3, -0.25) is 4.79 Å². The van der Waals surface area contributed by atoms with Gasteiger partial charge in [0.15, 0.2) is 0 Å². The van der Waals surface area contributed by atoms with Gasteiger partial charge < -0.3 is 10.5 Å². The summed E-state index contributed by atoms with van der Waals surface area (Å²) in [4.78, 5) is 21.4. The van der Waals surface area contributed by atoms with Gasteiger partial charge in [-0.2, -0.15) is 0 Å². The third-order valence-electron chi connectivity index (χ3n) is 1.64. The van der Waals surface area contributed by atoms with E-state index >= 15 is 0 Å². The molecular weight excluding hydrogens is 194 g/mol. The summed E-state index contributed by atoms with van der Waals surface area (Å²) < 4.78 is 4.53. The number of carbonyl (C=O) groups is 2. The average Bonchev–Trinajstić information content (AvgIpc) is 2.26. The number of ether oxygens (including phenoxy) is 1. The maximum atomic E-state index is 11.1. The summed E-state index contributed by atoms with van der Waals surface area (Å²) in [5.74, 6) is 3.65. The first-order valence-corrected chi connectivity index (χ1v) is 4.13. The minimum atomic E-state index is -0.688. The van der Waals surface area contributed by atoms with Crippen molar-refractivity contribution in [1.82, 2.24) is 0 Å². The molecule has 4 nitrogen and oxygen atoms in total. The van der Waals surface area contributed by atoms with Crippen LogP contribution in [0.3, 0.4) is 0 Å². The van der Waals surface area contributed by atoms with Crippen LogP contribution in [0.2, 0.25) is 0 Å². The van der Waals surface area contributed by atoms with Crippen LogP contribution in [-0.2, 0) is 9.53 Å². The Morgan fingerprint density at radius 3 is 2.33 bits per heavy atom. The molecule has 0 saturated carbocycles. The Kier molecular flexibility index (Phi) is 3.47. The molecule has 0 bridgehead atoms. The maximum Gasteiger partial charge on any atom is 0.337 e. The van der Waals surface area contributed by atoms with Crippen LogP contribution in [0, 0.1) is 11.8 Å². The highest BCUT2D eigenvalue weighted by Gasteiger charge is 2.02. The molecule has 0 unspecified atom stereocenters. The van der Waals surface area contributed by atoms with Gasteiger partial charge in [0.25, 0.3) is 5.91 Å². The first-order valence-electron chi connectivity index (χ1n) is 4.13. The van der Waals surface area contributed by atoms with Gasteiger partial charge in [-0.1, -0.05) is 5.92 Å². The fraction of sp³-hybridized carbons (Fsp3) is 0.0909. The van der Waals surface area contributed by atoms with Crippen LogP contribution in [0.1, 0.15) is 15.9 Å². The van der Waals surface area contributed by atoms with Crippen LogP contribution in [0.15, 0.2) is 24.3 Å². The van der Waals surface area contributed by atoms with Gasteiger partial charge >= 0.3 is 5.97 Å². The first kappa shape index (κ1) is 10.8. The maximum absolute atomic E-state index is 11.1. The van der Waals surface area contributed by atoms with Gasteiger partial charge in [0.1, 0.15) is 0 Å². The van der Waals surface area contributed by atoms with Gasteiger partial charge in [0.2, 0.25) is 0 Å². The number of methoxy groups -OCH3 is 1. The predicted molar refractivity (Wildman–Crippen MR) is 53.9 cm³/mol. The molecule has 1 amide bonds. The molecule has 2 N–H and O–H groups in total. The zero-order valence-electron chi connectivity index (χ0n) is 8.11. The fourth-order valence-electron chi connectivity index (χ4n) is 0.941. The van der Waals surface area contributed by atoms with E-state index in [0.717, 1.165) is 0 Å². The largest absolute Gasteiger partial charge is 0.465 e. The smallest absolute Gasteiger partial charge is 0.337 e. The molecule has 0 aromatic heterocycles. The van der Waals surface area contributed by atoms with E-state index < -0.39 is 11.9 Å². The van der Waals surface area contributed by atoms with Gasteiger partial charge in [0, 0.05) is 5.56 Å². The quantitative estimate of drug-likeness (QED) is 0.527. The lowest BCUT2D eigenvalue weighted by Crippen LogP contribution is -2.06. The summed E-state index contributed by atoms with van der Waals surface area (Å²) >= 11 is 0. The van der Waals surface area contributed by atoms with Crippen molar-refractivity contribution in [1.29, 1.82) is 0 Å². The van der Waals surface area contributed by atoms with E-state index in [-0.39, 0.29) is 0 Å². The number of hydrogen-bond acceptors (Lipinski definition) is 3. The van der Waals surface area contributed by atoms with E-state index in [4.69, 9.17) is 5.73 Å². The standard InChI is InChI=1S/C11H9NO3/c1-15-11(14)9-5-2-8(3-6-9)4-7-10(12)13/h2-3,5-6H,1H3,(H2,12,13). The van der Waals surface area contributed by atoms with E-state index in [1.54, 1.807) is 24.3 Å². The number of hydrogen-bond donors (Lipinski definition) is 1. The third-order valence-corrected chi connectivity index (χ3v) is 1.64. The summed E-state index contributed by atoms with van der Waals surface area (Å²) in [5, 5.41) is 0. The van der Waals surface area contributed by atoms with Gasteiger partial charge in [-0.25, -0.2) is 4.79 Å². The van der Waals surface area contributed by atoms with Gasteiger partial charge in [0.05, 0.1) is 12.7 Å². The number of amides is 1. The molecule has 0 aliphatic rings. The summed E-state index contributed by atoms with van der Waals surface area (Å²) in [6, 6.07) is 6.36. The Labute approximate surface area is 87.0 Å². The summed E-state index contributed by atoms with van der Waals surface area (Å²) in [7, 11) is 1.31. The monoisotopic (exact) mass is 203 g/mol. The second-order valence-electron chi connectivity index (χ2n) is 2.68. The second-order valence-corrected chi connectivity index (χ2v) is 2.68. The molecule has 1 aromatic rings. The number of esters is 1.